The molecule has 424 valence electrons. The Hall–Kier alpha value is -3.49. The molecule has 17 heteroatoms. The fourth-order valence-corrected chi connectivity index (χ4v) is 11.2. The number of piperidine rings is 1. The number of carbonyl (C=O) groups excluding carboxylic acids is 5. The number of esters is 1. The van der Waals surface area contributed by atoms with E-state index in [0.717, 1.165) is 18.4 Å². The van der Waals surface area contributed by atoms with Crippen LogP contribution >= 0.6 is 0 Å². The highest BCUT2D eigenvalue weighted by Crippen LogP contribution is 2.38. The molecule has 1 amide bonds. The number of aliphatic hydroxyl groups is 3. The van der Waals surface area contributed by atoms with E-state index in [1.54, 1.807) is 34.0 Å². The van der Waals surface area contributed by atoms with Crippen LogP contribution in [0.1, 0.15) is 132 Å². The van der Waals surface area contributed by atoms with Crippen LogP contribution in [0.15, 0.2) is 47.6 Å². The number of ketones is 3. The number of methoxy groups -OCH3 is 2. The molecule has 0 radical (unpaired) electrons. The van der Waals surface area contributed by atoms with Crippen molar-refractivity contribution in [3.05, 3.63) is 47.6 Å². The lowest BCUT2D eigenvalue weighted by Gasteiger charge is -2.43. The third-order valence-electron chi connectivity index (χ3n) is 16.2. The number of aliphatic hydroxyl groups excluding tert-OH is 2. The molecule has 5 aliphatic rings. The molecule has 2 bridgehead atoms. The van der Waals surface area contributed by atoms with Gasteiger partial charge in [0.15, 0.2) is 5.78 Å². The average Bonchev–Trinajstić information content (AvgIpc) is 3.37. The summed E-state index contributed by atoms with van der Waals surface area (Å²) in [5.74, 6) is -8.12. The van der Waals surface area contributed by atoms with Crippen molar-refractivity contribution in [1.29, 1.82) is 0 Å². The van der Waals surface area contributed by atoms with Crippen LogP contribution in [0.3, 0.4) is 0 Å². The Morgan fingerprint density at radius 1 is 0.827 bits per heavy atom. The number of Topliss-reactive ketones (excluding diaryl/α,β-unsaturated/α-hetero) is 3. The molecule has 1 saturated carbocycles. The minimum atomic E-state index is -2.47. The fraction of sp³-hybridized carbons (Fsp3) is 0.776. The molecule has 4 aliphatic heterocycles. The monoisotopic (exact) mass is 1060 g/mol. The van der Waals surface area contributed by atoms with E-state index in [2.05, 4.69) is 0 Å². The third kappa shape index (κ3) is 17.8. The second kappa shape index (κ2) is 30.6. The predicted molar refractivity (Wildman–Crippen MR) is 280 cm³/mol. The van der Waals surface area contributed by atoms with Crippen LogP contribution in [0.5, 0.6) is 0 Å². The van der Waals surface area contributed by atoms with Crippen LogP contribution < -0.4 is 0 Å². The Morgan fingerprint density at radius 3 is 2.27 bits per heavy atom. The quantitative estimate of drug-likeness (QED) is 0.0744. The van der Waals surface area contributed by atoms with Gasteiger partial charge in [-0.25, -0.2) is 4.79 Å². The molecule has 5 rings (SSSR count). The summed E-state index contributed by atoms with van der Waals surface area (Å²) in [5, 5.41) is 33.0. The summed E-state index contributed by atoms with van der Waals surface area (Å²) in [6.45, 7) is 14.9. The highest BCUT2D eigenvalue weighted by atomic mass is 16.6. The van der Waals surface area contributed by atoms with Crippen LogP contribution in [0.25, 0.3) is 0 Å². The highest BCUT2D eigenvalue weighted by molar-refractivity contribution is 6.39. The molecule has 1 aliphatic carbocycles. The van der Waals surface area contributed by atoms with Gasteiger partial charge in [0, 0.05) is 64.6 Å². The van der Waals surface area contributed by atoms with Gasteiger partial charge in [0.25, 0.3) is 11.7 Å². The lowest BCUT2D eigenvalue weighted by molar-refractivity contribution is -0.266. The van der Waals surface area contributed by atoms with E-state index < -0.39 is 77.8 Å². The SMILES string of the molecule is CO[C@@H]1C[C@H](C[C@@H](C)[C@@H]2CC(=O)[C@H](C)/C=C(\C)[C@@H](O)[C@@H](OC)C(=O)[C@H](C)C[C@H](C)/C=C/C=C/C=C(\C)[C@H](OCCOC3COC3)C[C@@H]3CC[C@@H](C)[C@@](O)(O3)C(=O)C(=O)N3CCCC[C@H]3C(=O)O2)CC[C@H]1OCCCO. The first-order chi connectivity index (χ1) is 35.8. The summed E-state index contributed by atoms with van der Waals surface area (Å²) in [7, 11) is 3.03. The van der Waals surface area contributed by atoms with Gasteiger partial charge in [-0.05, 0) is 113 Å². The molecule has 15 atom stereocenters. The summed E-state index contributed by atoms with van der Waals surface area (Å²) >= 11 is 0. The van der Waals surface area contributed by atoms with Crippen molar-refractivity contribution >= 4 is 29.2 Å². The molecule has 0 aromatic carbocycles. The Morgan fingerprint density at radius 2 is 1.57 bits per heavy atom. The molecule has 3 N–H and O–H groups in total. The summed E-state index contributed by atoms with van der Waals surface area (Å²) in [6, 6.07) is -1.16. The number of hydrogen-bond acceptors (Lipinski definition) is 16. The smallest absolute Gasteiger partial charge is 0.329 e. The number of rotatable bonds is 14. The summed E-state index contributed by atoms with van der Waals surface area (Å²) in [4.78, 5) is 72.9. The van der Waals surface area contributed by atoms with Crippen molar-refractivity contribution in [2.45, 2.75) is 193 Å². The molecular weight excluding hydrogens is 967 g/mol. The van der Waals surface area contributed by atoms with Crippen LogP contribution in [0, 0.1) is 35.5 Å². The van der Waals surface area contributed by atoms with Gasteiger partial charge in [0.1, 0.15) is 36.2 Å². The number of carbonyl (C=O) groups is 5. The van der Waals surface area contributed by atoms with E-state index in [4.69, 9.17) is 37.9 Å². The molecule has 75 heavy (non-hydrogen) atoms. The Labute approximate surface area is 446 Å². The first-order valence-electron chi connectivity index (χ1n) is 27.8. The summed E-state index contributed by atoms with van der Waals surface area (Å²) in [6.07, 6.45) is 12.4. The van der Waals surface area contributed by atoms with Gasteiger partial charge < -0.3 is 58.1 Å². The summed E-state index contributed by atoms with van der Waals surface area (Å²) in [5.41, 5.74) is 1.24. The van der Waals surface area contributed by atoms with Gasteiger partial charge >= 0.3 is 5.97 Å². The van der Waals surface area contributed by atoms with Crippen molar-refractivity contribution in [3.8, 4) is 0 Å². The minimum absolute atomic E-state index is 0.00648. The number of nitrogens with zero attached hydrogens (tertiary/aromatic N) is 1. The van der Waals surface area contributed by atoms with E-state index in [-0.39, 0.29) is 86.7 Å². The van der Waals surface area contributed by atoms with E-state index in [9.17, 15) is 39.3 Å². The van der Waals surface area contributed by atoms with Crippen molar-refractivity contribution in [2.75, 3.05) is 60.4 Å². The van der Waals surface area contributed by atoms with E-state index in [1.165, 1.54) is 12.0 Å². The maximum Gasteiger partial charge on any atom is 0.329 e. The van der Waals surface area contributed by atoms with E-state index in [1.807, 2.05) is 58.1 Å². The van der Waals surface area contributed by atoms with Crippen LogP contribution in [-0.4, -0.2) is 171 Å². The molecule has 0 aromatic rings. The number of hydrogen-bond donors (Lipinski definition) is 3. The topological polar surface area (TPSA) is 223 Å². The molecule has 4 fully saturated rings. The zero-order valence-corrected chi connectivity index (χ0v) is 46.4. The van der Waals surface area contributed by atoms with Gasteiger partial charge in [0.2, 0.25) is 5.79 Å². The Balaban J connectivity index is 1.45. The Kier molecular flexibility index (Phi) is 25.4. The standard InChI is InChI=1S/C58H91NO16/c1-36-16-11-10-12-17-37(2)49(73-27-26-71-45-34-70-35-45)32-44-21-19-42(7)58(67,75-44)55(64)56(65)59-23-14-13-18-46(59)57(66)74-50(39(4)30-43-20-22-48(51(31-43)68-8)72-25-15-24-60)33-47(61)38(3)29-41(6)53(63)54(69-9)52(62)40(5)28-36/h10-12,16-17,29,36,38-40,42-46,48-51,53-54,60,63,67H,13-15,18-28,30-35H2,1-9H3/b12-10+,16-11+,37-17+,41-29+/t36-,38-,39-,40-,42-,43+,44+,46+,48-,49-,50+,51-,53-,54+,58-/m1/s1. The number of amides is 1. The fourth-order valence-electron chi connectivity index (χ4n) is 11.2. The molecule has 0 unspecified atom stereocenters. The third-order valence-corrected chi connectivity index (χ3v) is 16.2. The summed E-state index contributed by atoms with van der Waals surface area (Å²) < 4.78 is 47.7. The maximum absolute atomic E-state index is 14.6. The van der Waals surface area contributed by atoms with Crippen molar-refractivity contribution in [3.63, 3.8) is 0 Å². The molecule has 4 heterocycles. The molecular formula is C58H91NO16. The van der Waals surface area contributed by atoms with Gasteiger partial charge in [0.05, 0.1) is 50.8 Å². The molecule has 3 saturated heterocycles. The Bertz CT molecular complexity index is 1980. The minimum Gasteiger partial charge on any atom is -0.460 e. The largest absolute Gasteiger partial charge is 0.460 e. The second-order valence-corrected chi connectivity index (χ2v) is 22.2. The second-order valence-electron chi connectivity index (χ2n) is 22.2. The first kappa shape index (κ1) is 62.4. The van der Waals surface area contributed by atoms with Crippen LogP contribution in [-0.2, 0) is 61.9 Å². The predicted octanol–water partition coefficient (Wildman–Crippen LogP) is 6.37. The van der Waals surface area contributed by atoms with Crippen LogP contribution in [0.4, 0.5) is 0 Å². The normalized spacial score (nSPS) is 37.8. The van der Waals surface area contributed by atoms with Gasteiger partial charge in [-0.1, -0.05) is 71.1 Å². The lowest BCUT2D eigenvalue weighted by Crippen LogP contribution is -2.61. The number of cyclic esters (lactones) is 1. The van der Waals surface area contributed by atoms with Gasteiger partial charge in [-0.15, -0.1) is 0 Å². The first-order valence-corrected chi connectivity index (χ1v) is 27.8. The number of ether oxygens (including phenoxy) is 8. The molecule has 0 spiro atoms. The zero-order valence-electron chi connectivity index (χ0n) is 46.4. The van der Waals surface area contributed by atoms with Gasteiger partial charge in [-0.3, -0.25) is 19.2 Å². The number of fused-ring (bicyclic) bond motifs is 3. The average molecular weight is 1060 g/mol. The van der Waals surface area contributed by atoms with Gasteiger partial charge in [-0.2, -0.15) is 0 Å². The lowest BCUT2D eigenvalue weighted by atomic mass is 9.78. The molecule has 17 nitrogen and oxygen atoms in total. The highest BCUT2D eigenvalue weighted by Gasteiger charge is 2.53. The number of allylic oxidation sites excluding steroid dienone is 6. The maximum atomic E-state index is 14.6. The van der Waals surface area contributed by atoms with Crippen molar-refractivity contribution < 1.29 is 77.2 Å². The molecule has 0 aromatic heterocycles. The van der Waals surface area contributed by atoms with Crippen molar-refractivity contribution in [1.82, 2.24) is 4.90 Å². The van der Waals surface area contributed by atoms with Crippen molar-refractivity contribution in [2.24, 2.45) is 35.5 Å². The van der Waals surface area contributed by atoms with Crippen LogP contribution in [0.2, 0.25) is 0 Å². The van der Waals surface area contributed by atoms with E-state index in [0.29, 0.717) is 83.4 Å². The van der Waals surface area contributed by atoms with E-state index >= 15 is 0 Å². The zero-order chi connectivity index (χ0) is 54.8.